The molecule has 1 aromatic heterocycles. The van der Waals surface area contributed by atoms with Crippen LogP contribution in [0.15, 0.2) is 12.1 Å². The number of likely N-dealkylation sites (N-methyl/N-ethyl adjacent to an activating group) is 1. The van der Waals surface area contributed by atoms with Gasteiger partial charge in [0, 0.05) is 42.5 Å². The standard InChI is InChI=1S/C18H29N3OS/c1-15-5-6-16(23-15)13-20-9-4-7-18(14-20)8-10-21(17(18)22)12-11-19(2)3/h5-6H,4,7-14H2,1-3H3/t18-/m0/s1. The van der Waals surface area contributed by atoms with Crippen LogP contribution in [0.4, 0.5) is 0 Å². The summed E-state index contributed by atoms with van der Waals surface area (Å²) in [5.74, 6) is 0.409. The van der Waals surface area contributed by atoms with E-state index in [0.29, 0.717) is 5.91 Å². The van der Waals surface area contributed by atoms with Crippen molar-refractivity contribution in [3.8, 4) is 0 Å². The summed E-state index contributed by atoms with van der Waals surface area (Å²) >= 11 is 1.88. The highest BCUT2D eigenvalue weighted by molar-refractivity contribution is 7.11. The molecule has 0 bridgehead atoms. The summed E-state index contributed by atoms with van der Waals surface area (Å²) in [5.41, 5.74) is -0.100. The molecule has 0 unspecified atom stereocenters. The highest BCUT2D eigenvalue weighted by Gasteiger charge is 2.48. The second-order valence-corrected chi connectivity index (χ2v) is 8.82. The smallest absolute Gasteiger partial charge is 0.230 e. The third kappa shape index (κ3) is 3.78. The van der Waals surface area contributed by atoms with Crippen LogP contribution < -0.4 is 0 Å². The number of thiophene rings is 1. The van der Waals surface area contributed by atoms with Gasteiger partial charge in [-0.25, -0.2) is 0 Å². The van der Waals surface area contributed by atoms with Gasteiger partial charge in [-0.15, -0.1) is 11.3 Å². The molecular formula is C18H29N3OS. The zero-order valence-corrected chi connectivity index (χ0v) is 15.5. The van der Waals surface area contributed by atoms with Gasteiger partial charge >= 0.3 is 0 Å². The first-order valence-corrected chi connectivity index (χ1v) is 9.52. The van der Waals surface area contributed by atoms with E-state index in [2.05, 4.69) is 47.9 Å². The highest BCUT2D eigenvalue weighted by atomic mass is 32.1. The van der Waals surface area contributed by atoms with E-state index >= 15 is 0 Å². The maximum Gasteiger partial charge on any atom is 0.230 e. The van der Waals surface area contributed by atoms with Crippen LogP contribution in [0.2, 0.25) is 0 Å². The van der Waals surface area contributed by atoms with Crippen molar-refractivity contribution < 1.29 is 4.79 Å². The third-order valence-electron chi connectivity index (χ3n) is 5.25. The van der Waals surface area contributed by atoms with Gasteiger partial charge in [0.1, 0.15) is 0 Å². The number of amides is 1. The monoisotopic (exact) mass is 335 g/mol. The SMILES string of the molecule is Cc1ccc(CN2CCC[C@]3(CCN(CCN(C)C)C3=O)C2)s1. The predicted octanol–water partition coefficient (Wildman–Crippen LogP) is 2.43. The van der Waals surface area contributed by atoms with Gasteiger partial charge in [0.2, 0.25) is 5.91 Å². The number of hydrogen-bond acceptors (Lipinski definition) is 4. The molecule has 0 saturated carbocycles. The minimum Gasteiger partial charge on any atom is -0.341 e. The zero-order valence-electron chi connectivity index (χ0n) is 14.7. The van der Waals surface area contributed by atoms with Gasteiger partial charge in [-0.3, -0.25) is 9.69 Å². The molecule has 3 heterocycles. The van der Waals surface area contributed by atoms with Crippen LogP contribution in [-0.4, -0.2) is 67.4 Å². The molecule has 2 aliphatic rings. The van der Waals surface area contributed by atoms with Gasteiger partial charge in [-0.2, -0.15) is 0 Å². The Balaban J connectivity index is 1.62. The fourth-order valence-electron chi connectivity index (χ4n) is 3.96. The van der Waals surface area contributed by atoms with E-state index in [0.717, 1.165) is 58.5 Å². The molecule has 5 heteroatoms. The summed E-state index contributed by atoms with van der Waals surface area (Å²) in [6.45, 7) is 8.02. The van der Waals surface area contributed by atoms with Crippen molar-refractivity contribution >= 4 is 17.2 Å². The minimum absolute atomic E-state index is 0.100. The van der Waals surface area contributed by atoms with E-state index in [-0.39, 0.29) is 5.41 Å². The Kier molecular flexibility index (Phi) is 5.09. The van der Waals surface area contributed by atoms with Crippen molar-refractivity contribution in [3.63, 3.8) is 0 Å². The normalized spacial score (nSPS) is 25.9. The average molecular weight is 336 g/mol. The average Bonchev–Trinajstić information content (AvgIpc) is 3.03. The molecule has 2 fully saturated rings. The van der Waals surface area contributed by atoms with Gasteiger partial charge in [0.05, 0.1) is 5.41 Å². The van der Waals surface area contributed by atoms with E-state index < -0.39 is 0 Å². The van der Waals surface area contributed by atoms with E-state index in [1.54, 1.807) is 0 Å². The van der Waals surface area contributed by atoms with E-state index in [1.807, 2.05) is 11.3 Å². The Morgan fingerprint density at radius 3 is 2.78 bits per heavy atom. The second kappa shape index (κ2) is 6.91. The number of rotatable bonds is 5. The number of aryl methyl sites for hydroxylation is 1. The topological polar surface area (TPSA) is 26.8 Å². The fraction of sp³-hybridized carbons (Fsp3) is 0.722. The fourth-order valence-corrected chi connectivity index (χ4v) is 4.89. The summed E-state index contributed by atoms with van der Waals surface area (Å²) in [6, 6.07) is 4.44. The van der Waals surface area contributed by atoms with Crippen molar-refractivity contribution in [2.24, 2.45) is 5.41 Å². The number of piperidine rings is 1. The summed E-state index contributed by atoms with van der Waals surface area (Å²) in [6.07, 6.45) is 3.26. The predicted molar refractivity (Wildman–Crippen MR) is 95.8 cm³/mol. The lowest BCUT2D eigenvalue weighted by Gasteiger charge is -2.39. The Hall–Kier alpha value is -0.910. The number of nitrogens with zero attached hydrogens (tertiary/aromatic N) is 3. The summed E-state index contributed by atoms with van der Waals surface area (Å²) in [5, 5.41) is 0. The van der Waals surface area contributed by atoms with Gasteiger partial charge in [0.15, 0.2) is 0 Å². The molecule has 0 aromatic carbocycles. The van der Waals surface area contributed by atoms with Crippen molar-refractivity contribution in [1.29, 1.82) is 0 Å². The number of carbonyl (C=O) groups is 1. The molecule has 0 aliphatic carbocycles. The molecule has 1 aromatic rings. The van der Waals surface area contributed by atoms with E-state index in [9.17, 15) is 4.79 Å². The van der Waals surface area contributed by atoms with Gasteiger partial charge in [-0.1, -0.05) is 0 Å². The Bertz CT molecular complexity index is 556. The lowest BCUT2D eigenvalue weighted by Crippen LogP contribution is -2.48. The number of likely N-dealkylation sites (tertiary alicyclic amines) is 2. The van der Waals surface area contributed by atoms with Crippen LogP contribution in [0, 0.1) is 12.3 Å². The molecule has 23 heavy (non-hydrogen) atoms. The first-order valence-electron chi connectivity index (χ1n) is 8.70. The van der Waals surface area contributed by atoms with Gasteiger partial charge in [0.25, 0.3) is 0 Å². The van der Waals surface area contributed by atoms with Crippen LogP contribution in [0.3, 0.4) is 0 Å². The third-order valence-corrected chi connectivity index (χ3v) is 6.24. The Labute approximate surface area is 144 Å². The molecule has 0 N–H and O–H groups in total. The van der Waals surface area contributed by atoms with Crippen molar-refractivity contribution in [3.05, 3.63) is 21.9 Å². The van der Waals surface area contributed by atoms with Crippen molar-refractivity contribution in [2.45, 2.75) is 32.7 Å². The summed E-state index contributed by atoms with van der Waals surface area (Å²) in [7, 11) is 4.14. The van der Waals surface area contributed by atoms with E-state index in [4.69, 9.17) is 0 Å². The molecule has 1 atom stereocenters. The minimum atomic E-state index is -0.100. The second-order valence-electron chi connectivity index (χ2n) is 7.45. The lowest BCUT2D eigenvalue weighted by molar-refractivity contribution is -0.139. The zero-order chi connectivity index (χ0) is 16.4. The number of hydrogen-bond donors (Lipinski definition) is 0. The van der Waals surface area contributed by atoms with Crippen molar-refractivity contribution in [1.82, 2.24) is 14.7 Å². The quantitative estimate of drug-likeness (QED) is 0.827. The largest absolute Gasteiger partial charge is 0.341 e. The van der Waals surface area contributed by atoms with Crippen molar-refractivity contribution in [2.75, 3.05) is 46.8 Å². The van der Waals surface area contributed by atoms with Crippen LogP contribution in [-0.2, 0) is 11.3 Å². The Morgan fingerprint density at radius 1 is 1.26 bits per heavy atom. The first kappa shape index (κ1) is 16.9. The highest BCUT2D eigenvalue weighted by Crippen LogP contribution is 2.40. The molecule has 3 rings (SSSR count). The van der Waals surface area contributed by atoms with Crippen LogP contribution in [0.5, 0.6) is 0 Å². The molecule has 0 radical (unpaired) electrons. The maximum absolute atomic E-state index is 13.0. The number of carbonyl (C=O) groups excluding carboxylic acids is 1. The first-order chi connectivity index (χ1) is 11.0. The van der Waals surface area contributed by atoms with E-state index in [1.165, 1.54) is 9.75 Å². The van der Waals surface area contributed by atoms with Gasteiger partial charge in [-0.05, 0) is 59.0 Å². The molecule has 2 aliphatic heterocycles. The lowest BCUT2D eigenvalue weighted by atomic mass is 9.78. The molecule has 1 spiro atoms. The van der Waals surface area contributed by atoms with Crippen LogP contribution in [0.25, 0.3) is 0 Å². The Morgan fingerprint density at radius 2 is 2.09 bits per heavy atom. The van der Waals surface area contributed by atoms with Gasteiger partial charge < -0.3 is 9.80 Å². The molecule has 2 saturated heterocycles. The van der Waals surface area contributed by atoms with Crippen LogP contribution >= 0.6 is 11.3 Å². The molecule has 1 amide bonds. The summed E-state index contributed by atoms with van der Waals surface area (Å²) in [4.78, 5) is 22.5. The van der Waals surface area contributed by atoms with Crippen LogP contribution in [0.1, 0.15) is 29.0 Å². The summed E-state index contributed by atoms with van der Waals surface area (Å²) < 4.78 is 0. The maximum atomic E-state index is 13.0. The molecule has 4 nitrogen and oxygen atoms in total. The molecule has 128 valence electrons. The molecular weight excluding hydrogens is 306 g/mol.